The van der Waals surface area contributed by atoms with Gasteiger partial charge >= 0.3 is 0 Å². The van der Waals surface area contributed by atoms with Gasteiger partial charge in [0, 0.05) is 16.8 Å². The standard InChI is InChI=1S/C12H13ClN4S/c1-2-3-8-14-17-11(15-16-12(17)18)9-4-6-10(13)7-5-9/h4-8H,2-3H2,1H3,(H,16,18). The maximum Gasteiger partial charge on any atom is 0.216 e. The van der Waals surface area contributed by atoms with Crippen molar-refractivity contribution < 1.29 is 0 Å². The van der Waals surface area contributed by atoms with E-state index in [0.717, 1.165) is 18.4 Å². The molecule has 2 rings (SSSR count). The van der Waals surface area contributed by atoms with Crippen LogP contribution in [0.2, 0.25) is 5.02 Å². The summed E-state index contributed by atoms with van der Waals surface area (Å²) in [6.07, 6.45) is 3.79. The molecule has 0 aliphatic rings. The molecular formula is C12H13ClN4S. The Morgan fingerprint density at radius 1 is 1.44 bits per heavy atom. The molecule has 1 aromatic carbocycles. The lowest BCUT2D eigenvalue weighted by Gasteiger charge is -2.00. The molecule has 0 fully saturated rings. The largest absolute Gasteiger partial charge is 0.250 e. The summed E-state index contributed by atoms with van der Waals surface area (Å²) in [5.41, 5.74) is 0.917. The average Bonchev–Trinajstić information content (AvgIpc) is 2.73. The molecule has 0 saturated carbocycles. The second-order valence-electron chi connectivity index (χ2n) is 3.76. The van der Waals surface area contributed by atoms with Crippen molar-refractivity contribution in [1.29, 1.82) is 0 Å². The molecule has 94 valence electrons. The van der Waals surface area contributed by atoms with E-state index in [4.69, 9.17) is 23.8 Å². The summed E-state index contributed by atoms with van der Waals surface area (Å²) >= 11 is 11.0. The SMILES string of the molecule is CCCC=Nn1c(-c2ccc(Cl)cc2)n[nH]c1=S. The van der Waals surface area contributed by atoms with Gasteiger partial charge in [0.15, 0.2) is 5.82 Å². The fraction of sp³-hybridized carbons (Fsp3) is 0.250. The number of aromatic nitrogens is 3. The molecule has 0 saturated heterocycles. The minimum absolute atomic E-state index is 0.479. The highest BCUT2D eigenvalue weighted by molar-refractivity contribution is 7.71. The lowest BCUT2D eigenvalue weighted by atomic mass is 10.2. The van der Waals surface area contributed by atoms with E-state index in [0.29, 0.717) is 15.6 Å². The fourth-order valence-electron chi connectivity index (χ4n) is 1.45. The van der Waals surface area contributed by atoms with Crippen LogP contribution >= 0.6 is 23.8 Å². The summed E-state index contributed by atoms with van der Waals surface area (Å²) in [4.78, 5) is 0. The first-order chi connectivity index (χ1) is 8.72. The minimum atomic E-state index is 0.479. The van der Waals surface area contributed by atoms with E-state index in [-0.39, 0.29) is 0 Å². The van der Waals surface area contributed by atoms with Crippen LogP contribution < -0.4 is 0 Å². The summed E-state index contributed by atoms with van der Waals surface area (Å²) in [5.74, 6) is 0.684. The van der Waals surface area contributed by atoms with Crippen molar-refractivity contribution in [2.75, 3.05) is 0 Å². The van der Waals surface area contributed by atoms with Gasteiger partial charge < -0.3 is 0 Å². The van der Waals surface area contributed by atoms with Crippen molar-refractivity contribution in [1.82, 2.24) is 14.9 Å². The summed E-state index contributed by atoms with van der Waals surface area (Å²) in [6.45, 7) is 2.10. The number of aromatic amines is 1. The number of nitrogens with zero attached hydrogens (tertiary/aromatic N) is 3. The molecule has 0 amide bonds. The maximum absolute atomic E-state index is 5.86. The molecule has 0 atom stereocenters. The number of H-pyrrole nitrogens is 1. The average molecular weight is 281 g/mol. The number of hydrogen-bond donors (Lipinski definition) is 1. The first-order valence-electron chi connectivity index (χ1n) is 5.68. The lowest BCUT2D eigenvalue weighted by molar-refractivity contribution is 0.858. The van der Waals surface area contributed by atoms with Crippen molar-refractivity contribution in [2.24, 2.45) is 5.10 Å². The topological polar surface area (TPSA) is 46.0 Å². The van der Waals surface area contributed by atoms with E-state index in [2.05, 4.69) is 22.2 Å². The summed E-state index contributed by atoms with van der Waals surface area (Å²) in [5, 5.41) is 11.9. The number of benzene rings is 1. The third-order valence-electron chi connectivity index (χ3n) is 2.37. The molecule has 0 aliphatic carbocycles. The van der Waals surface area contributed by atoms with Crippen LogP contribution in [0.5, 0.6) is 0 Å². The Bertz CT molecular complexity index is 597. The Hall–Kier alpha value is -1.46. The van der Waals surface area contributed by atoms with Gasteiger partial charge in [0.25, 0.3) is 0 Å². The lowest BCUT2D eigenvalue weighted by Crippen LogP contribution is -1.94. The Kier molecular flexibility index (Phi) is 4.28. The van der Waals surface area contributed by atoms with Gasteiger partial charge in [-0.25, -0.2) is 5.10 Å². The van der Waals surface area contributed by atoms with Crippen LogP contribution in [0.4, 0.5) is 0 Å². The van der Waals surface area contributed by atoms with Gasteiger partial charge in [0.2, 0.25) is 4.77 Å². The van der Waals surface area contributed by atoms with E-state index < -0.39 is 0 Å². The van der Waals surface area contributed by atoms with Gasteiger partial charge in [0.1, 0.15) is 0 Å². The van der Waals surface area contributed by atoms with Crippen LogP contribution in [0.15, 0.2) is 29.4 Å². The molecular weight excluding hydrogens is 268 g/mol. The van der Waals surface area contributed by atoms with E-state index >= 15 is 0 Å². The first kappa shape index (κ1) is 13.0. The molecule has 1 aromatic heterocycles. The molecule has 1 N–H and O–H groups in total. The molecule has 0 bridgehead atoms. The quantitative estimate of drug-likeness (QED) is 0.682. The number of rotatable bonds is 4. The molecule has 0 spiro atoms. The first-order valence-corrected chi connectivity index (χ1v) is 6.47. The van der Waals surface area contributed by atoms with Gasteiger partial charge in [-0.15, -0.1) is 0 Å². The van der Waals surface area contributed by atoms with Crippen LogP contribution in [0.25, 0.3) is 11.4 Å². The Morgan fingerprint density at radius 3 is 2.83 bits per heavy atom. The minimum Gasteiger partial charge on any atom is -0.250 e. The zero-order chi connectivity index (χ0) is 13.0. The van der Waals surface area contributed by atoms with Crippen molar-refractivity contribution in [3.05, 3.63) is 34.1 Å². The molecule has 1 heterocycles. The van der Waals surface area contributed by atoms with Crippen molar-refractivity contribution >= 4 is 30.0 Å². The normalized spacial score (nSPS) is 11.2. The van der Waals surface area contributed by atoms with Crippen LogP contribution in [0.1, 0.15) is 19.8 Å². The van der Waals surface area contributed by atoms with Crippen LogP contribution in [0.3, 0.4) is 0 Å². The summed E-state index contributed by atoms with van der Waals surface area (Å²) < 4.78 is 2.10. The summed E-state index contributed by atoms with van der Waals surface area (Å²) in [7, 11) is 0. The Labute approximate surface area is 115 Å². The highest BCUT2D eigenvalue weighted by Gasteiger charge is 2.07. The molecule has 6 heteroatoms. The monoisotopic (exact) mass is 280 g/mol. The molecule has 2 aromatic rings. The van der Waals surface area contributed by atoms with Crippen molar-refractivity contribution in [3.8, 4) is 11.4 Å². The second kappa shape index (κ2) is 5.93. The molecule has 0 aliphatic heterocycles. The molecule has 4 nitrogen and oxygen atoms in total. The summed E-state index contributed by atoms with van der Waals surface area (Å²) in [6, 6.07) is 7.40. The van der Waals surface area contributed by atoms with Gasteiger partial charge in [-0.2, -0.15) is 14.9 Å². The van der Waals surface area contributed by atoms with E-state index in [1.165, 1.54) is 0 Å². The fourth-order valence-corrected chi connectivity index (χ4v) is 1.76. The Balaban J connectivity index is 2.39. The smallest absolute Gasteiger partial charge is 0.216 e. The van der Waals surface area contributed by atoms with Gasteiger partial charge in [-0.05, 0) is 42.9 Å². The van der Waals surface area contributed by atoms with Gasteiger partial charge in [-0.3, -0.25) is 0 Å². The van der Waals surface area contributed by atoms with E-state index in [1.54, 1.807) is 4.68 Å². The number of nitrogens with one attached hydrogen (secondary N) is 1. The zero-order valence-corrected chi connectivity index (χ0v) is 11.5. The number of halogens is 1. The second-order valence-corrected chi connectivity index (χ2v) is 4.58. The Morgan fingerprint density at radius 2 is 2.17 bits per heavy atom. The van der Waals surface area contributed by atoms with Gasteiger partial charge in [-0.1, -0.05) is 24.9 Å². The van der Waals surface area contributed by atoms with Crippen molar-refractivity contribution in [2.45, 2.75) is 19.8 Å². The number of unbranched alkanes of at least 4 members (excludes halogenated alkanes) is 1. The predicted octanol–water partition coefficient (Wildman–Crippen LogP) is 3.90. The zero-order valence-electron chi connectivity index (χ0n) is 9.93. The van der Waals surface area contributed by atoms with Crippen LogP contribution in [-0.2, 0) is 0 Å². The van der Waals surface area contributed by atoms with Crippen molar-refractivity contribution in [3.63, 3.8) is 0 Å². The highest BCUT2D eigenvalue weighted by Crippen LogP contribution is 2.19. The third kappa shape index (κ3) is 2.86. The van der Waals surface area contributed by atoms with E-state index in [9.17, 15) is 0 Å². The number of hydrogen-bond acceptors (Lipinski definition) is 3. The molecule has 0 radical (unpaired) electrons. The highest BCUT2D eigenvalue weighted by atomic mass is 35.5. The van der Waals surface area contributed by atoms with Gasteiger partial charge in [0.05, 0.1) is 0 Å². The van der Waals surface area contributed by atoms with Crippen LogP contribution in [0, 0.1) is 4.77 Å². The van der Waals surface area contributed by atoms with E-state index in [1.807, 2.05) is 30.5 Å². The molecule has 0 unspecified atom stereocenters. The maximum atomic E-state index is 5.86. The predicted molar refractivity (Wildman–Crippen MR) is 76.7 cm³/mol. The van der Waals surface area contributed by atoms with Crippen LogP contribution in [-0.4, -0.2) is 21.1 Å². The molecule has 18 heavy (non-hydrogen) atoms. The third-order valence-corrected chi connectivity index (χ3v) is 2.88.